The second kappa shape index (κ2) is 3.22. The summed E-state index contributed by atoms with van der Waals surface area (Å²) in [6.07, 6.45) is 3.40. The zero-order valence-corrected chi connectivity index (χ0v) is 8.10. The summed E-state index contributed by atoms with van der Waals surface area (Å²) in [6, 6.07) is 0. The molecule has 6 nitrogen and oxygen atoms in total. The van der Waals surface area contributed by atoms with Gasteiger partial charge in [-0.1, -0.05) is 0 Å². The molecule has 14 heavy (non-hydrogen) atoms. The van der Waals surface area contributed by atoms with E-state index in [0.29, 0.717) is 5.82 Å². The standard InChI is InChI=1S/C7H7ClN6/c1-14-3-4(2-10-14)5-11-6(8)13-7(9)12-5/h2-3H,1H3,(H2,9,11,12,13). The van der Waals surface area contributed by atoms with Gasteiger partial charge in [-0.2, -0.15) is 20.1 Å². The van der Waals surface area contributed by atoms with Crippen LogP contribution < -0.4 is 5.73 Å². The first kappa shape index (κ1) is 8.89. The molecule has 0 aromatic carbocycles. The smallest absolute Gasteiger partial charge is 0.227 e. The molecule has 2 aromatic heterocycles. The first-order chi connectivity index (χ1) is 6.65. The van der Waals surface area contributed by atoms with Crippen LogP contribution in [-0.4, -0.2) is 24.7 Å². The van der Waals surface area contributed by atoms with Gasteiger partial charge in [0.15, 0.2) is 5.82 Å². The Bertz CT molecular complexity index is 445. The van der Waals surface area contributed by atoms with Crippen LogP contribution in [0.15, 0.2) is 12.4 Å². The number of hydrogen-bond donors (Lipinski definition) is 1. The van der Waals surface area contributed by atoms with Crippen LogP contribution in [0.3, 0.4) is 0 Å². The topological polar surface area (TPSA) is 82.5 Å². The van der Waals surface area contributed by atoms with E-state index in [1.807, 2.05) is 0 Å². The summed E-state index contributed by atoms with van der Waals surface area (Å²) in [5.41, 5.74) is 6.18. The fourth-order valence-corrected chi connectivity index (χ4v) is 1.20. The van der Waals surface area contributed by atoms with Gasteiger partial charge in [-0.3, -0.25) is 4.68 Å². The molecule has 2 aromatic rings. The fourth-order valence-electron chi connectivity index (χ4n) is 1.03. The van der Waals surface area contributed by atoms with Crippen molar-refractivity contribution < 1.29 is 0 Å². The number of nitrogen functional groups attached to an aromatic ring is 1. The molecule has 0 amide bonds. The van der Waals surface area contributed by atoms with Crippen molar-refractivity contribution in [3.63, 3.8) is 0 Å². The zero-order chi connectivity index (χ0) is 10.1. The van der Waals surface area contributed by atoms with E-state index in [4.69, 9.17) is 17.3 Å². The normalized spacial score (nSPS) is 10.4. The van der Waals surface area contributed by atoms with Crippen LogP contribution in [0.2, 0.25) is 5.28 Å². The summed E-state index contributed by atoms with van der Waals surface area (Å²) in [7, 11) is 1.80. The van der Waals surface area contributed by atoms with Gasteiger partial charge in [-0.25, -0.2) is 0 Å². The van der Waals surface area contributed by atoms with Crippen molar-refractivity contribution in [2.45, 2.75) is 0 Å². The predicted molar refractivity (Wildman–Crippen MR) is 51.5 cm³/mol. The summed E-state index contributed by atoms with van der Waals surface area (Å²) >= 11 is 5.64. The van der Waals surface area contributed by atoms with Crippen molar-refractivity contribution in [1.29, 1.82) is 0 Å². The van der Waals surface area contributed by atoms with E-state index in [0.717, 1.165) is 5.56 Å². The Morgan fingerprint density at radius 3 is 2.71 bits per heavy atom. The maximum atomic E-state index is 5.64. The van der Waals surface area contributed by atoms with Gasteiger partial charge in [0, 0.05) is 13.2 Å². The monoisotopic (exact) mass is 210 g/mol. The van der Waals surface area contributed by atoms with Crippen LogP contribution >= 0.6 is 11.6 Å². The van der Waals surface area contributed by atoms with Crippen molar-refractivity contribution in [3.05, 3.63) is 17.7 Å². The van der Waals surface area contributed by atoms with Crippen LogP contribution in [0, 0.1) is 0 Å². The van der Waals surface area contributed by atoms with Crippen LogP contribution in [0.25, 0.3) is 11.4 Å². The molecule has 0 fully saturated rings. The molecule has 72 valence electrons. The molecule has 0 spiro atoms. The van der Waals surface area contributed by atoms with E-state index < -0.39 is 0 Å². The number of nitrogens with two attached hydrogens (primary N) is 1. The van der Waals surface area contributed by atoms with Gasteiger partial charge >= 0.3 is 0 Å². The third kappa shape index (κ3) is 1.64. The molecule has 0 saturated carbocycles. The molecule has 0 bridgehead atoms. The molecular formula is C7H7ClN6. The molecule has 0 unspecified atom stereocenters. The van der Waals surface area contributed by atoms with E-state index in [1.165, 1.54) is 0 Å². The minimum Gasteiger partial charge on any atom is -0.368 e. The summed E-state index contributed by atoms with van der Waals surface area (Å²) in [5.74, 6) is 0.527. The molecule has 0 aliphatic carbocycles. The molecule has 0 aliphatic rings. The Morgan fingerprint density at radius 1 is 1.36 bits per heavy atom. The Kier molecular flexibility index (Phi) is 2.05. The highest BCUT2D eigenvalue weighted by molar-refractivity contribution is 6.28. The molecule has 0 saturated heterocycles. The maximum absolute atomic E-state index is 5.64. The van der Waals surface area contributed by atoms with Gasteiger partial charge in [0.1, 0.15) is 0 Å². The molecule has 2 heterocycles. The van der Waals surface area contributed by atoms with Crippen molar-refractivity contribution in [2.24, 2.45) is 7.05 Å². The average molecular weight is 211 g/mol. The zero-order valence-electron chi connectivity index (χ0n) is 7.35. The highest BCUT2D eigenvalue weighted by Crippen LogP contribution is 2.15. The largest absolute Gasteiger partial charge is 0.368 e. The lowest BCUT2D eigenvalue weighted by molar-refractivity contribution is 0.768. The first-order valence-electron chi connectivity index (χ1n) is 3.81. The quantitative estimate of drug-likeness (QED) is 0.742. The third-order valence-corrected chi connectivity index (χ3v) is 1.76. The minimum absolute atomic E-state index is 0.0800. The highest BCUT2D eigenvalue weighted by Gasteiger charge is 2.06. The van der Waals surface area contributed by atoms with Gasteiger partial charge in [0.05, 0.1) is 11.8 Å². The van der Waals surface area contributed by atoms with Crippen molar-refractivity contribution in [3.8, 4) is 11.4 Å². The van der Waals surface area contributed by atoms with Crippen LogP contribution in [0.1, 0.15) is 0 Å². The SMILES string of the molecule is Cn1cc(-c2nc(N)nc(Cl)n2)cn1. The molecule has 7 heteroatoms. The average Bonchev–Trinajstić information content (AvgIpc) is 2.50. The Balaban J connectivity index is 2.51. The Labute approximate surface area is 84.8 Å². The van der Waals surface area contributed by atoms with E-state index >= 15 is 0 Å². The van der Waals surface area contributed by atoms with Gasteiger partial charge in [0.2, 0.25) is 11.2 Å². The number of aromatic nitrogens is 5. The molecule has 0 atom stereocenters. The van der Waals surface area contributed by atoms with E-state index in [1.54, 1.807) is 24.1 Å². The Morgan fingerprint density at radius 2 is 2.14 bits per heavy atom. The van der Waals surface area contributed by atoms with Crippen LogP contribution in [0.5, 0.6) is 0 Å². The van der Waals surface area contributed by atoms with Gasteiger partial charge in [-0.05, 0) is 11.6 Å². The number of anilines is 1. The van der Waals surface area contributed by atoms with E-state index in [2.05, 4.69) is 20.1 Å². The number of nitrogens with zero attached hydrogens (tertiary/aromatic N) is 5. The summed E-state index contributed by atoms with van der Waals surface area (Å²) in [5, 5.41) is 4.06. The minimum atomic E-state index is 0.0800. The molecule has 0 aliphatic heterocycles. The molecular weight excluding hydrogens is 204 g/mol. The van der Waals surface area contributed by atoms with Gasteiger partial charge in [0.25, 0.3) is 0 Å². The van der Waals surface area contributed by atoms with Gasteiger partial charge < -0.3 is 5.73 Å². The van der Waals surface area contributed by atoms with E-state index in [9.17, 15) is 0 Å². The van der Waals surface area contributed by atoms with E-state index in [-0.39, 0.29) is 11.2 Å². The lowest BCUT2D eigenvalue weighted by Crippen LogP contribution is -1.99. The van der Waals surface area contributed by atoms with Crippen molar-refractivity contribution in [1.82, 2.24) is 24.7 Å². The number of aryl methyl sites for hydroxylation is 1. The lowest BCUT2D eigenvalue weighted by Gasteiger charge is -1.97. The van der Waals surface area contributed by atoms with Crippen LogP contribution in [-0.2, 0) is 7.05 Å². The molecule has 2 N–H and O–H groups in total. The predicted octanol–water partition coefficient (Wildman–Crippen LogP) is 0.508. The Hall–Kier alpha value is -1.69. The summed E-state index contributed by atoms with van der Waals surface area (Å²) in [6.45, 7) is 0. The van der Waals surface area contributed by atoms with Gasteiger partial charge in [-0.15, -0.1) is 0 Å². The number of halogens is 1. The first-order valence-corrected chi connectivity index (χ1v) is 4.19. The van der Waals surface area contributed by atoms with Crippen molar-refractivity contribution in [2.75, 3.05) is 5.73 Å². The number of rotatable bonds is 1. The highest BCUT2D eigenvalue weighted by atomic mass is 35.5. The summed E-state index contributed by atoms with van der Waals surface area (Å²) < 4.78 is 1.64. The molecule has 2 rings (SSSR count). The maximum Gasteiger partial charge on any atom is 0.227 e. The van der Waals surface area contributed by atoms with Crippen molar-refractivity contribution >= 4 is 17.5 Å². The second-order valence-electron chi connectivity index (χ2n) is 2.69. The summed E-state index contributed by atoms with van der Waals surface area (Å²) in [4.78, 5) is 11.5. The second-order valence-corrected chi connectivity index (χ2v) is 3.03. The molecule has 0 radical (unpaired) electrons. The fraction of sp³-hybridized carbons (Fsp3) is 0.143. The number of hydrogen-bond acceptors (Lipinski definition) is 5. The lowest BCUT2D eigenvalue weighted by atomic mass is 10.3. The third-order valence-electron chi connectivity index (χ3n) is 1.59. The van der Waals surface area contributed by atoms with Crippen LogP contribution in [0.4, 0.5) is 5.95 Å².